The molecule has 2 N–H and O–H groups in total. The predicted octanol–water partition coefficient (Wildman–Crippen LogP) is 2.71. The summed E-state index contributed by atoms with van der Waals surface area (Å²) in [7, 11) is 1.85. The summed E-state index contributed by atoms with van der Waals surface area (Å²) in [4.78, 5) is 6.93. The van der Waals surface area contributed by atoms with E-state index in [1.807, 2.05) is 7.05 Å². The number of hydrogen-bond acceptors (Lipinski definition) is 5. The van der Waals surface area contributed by atoms with E-state index < -0.39 is 0 Å². The highest BCUT2D eigenvalue weighted by Gasteiger charge is 2.20. The maximum atomic E-state index is 5.83. The summed E-state index contributed by atoms with van der Waals surface area (Å²) in [5.74, 6) is 1.60. The Labute approximate surface area is 173 Å². The molecule has 2 fully saturated rings. The number of rotatable bonds is 9. The van der Waals surface area contributed by atoms with E-state index in [-0.39, 0.29) is 0 Å². The van der Waals surface area contributed by atoms with Crippen LogP contribution in [0.1, 0.15) is 37.7 Å². The Kier molecular flexibility index (Phi) is 9.56. The van der Waals surface area contributed by atoms with E-state index in [9.17, 15) is 0 Å². The van der Waals surface area contributed by atoms with E-state index in [1.54, 1.807) is 11.3 Å². The fourth-order valence-electron chi connectivity index (χ4n) is 3.81. The van der Waals surface area contributed by atoms with Gasteiger partial charge in [0.05, 0.1) is 0 Å². The van der Waals surface area contributed by atoms with Crippen molar-refractivity contribution < 1.29 is 9.47 Å². The van der Waals surface area contributed by atoms with Gasteiger partial charge in [-0.05, 0) is 60.4 Å². The van der Waals surface area contributed by atoms with Crippen molar-refractivity contribution in [2.24, 2.45) is 10.9 Å². The monoisotopic (exact) mass is 408 g/mol. The Bertz CT molecular complexity index is 553. The lowest BCUT2D eigenvalue weighted by molar-refractivity contribution is 0.0203. The molecular formula is C21H36N4O2S. The number of aliphatic imine (C=N–C) groups is 1. The zero-order chi connectivity index (χ0) is 19.4. The minimum absolute atomic E-state index is 0.509. The summed E-state index contributed by atoms with van der Waals surface area (Å²) in [6.45, 7) is 7.73. The number of nitrogens with one attached hydrogen (secondary N) is 2. The van der Waals surface area contributed by atoms with E-state index in [0.29, 0.717) is 12.0 Å². The second-order valence-electron chi connectivity index (χ2n) is 7.81. The lowest BCUT2D eigenvalue weighted by Gasteiger charge is -2.33. The molecule has 1 aromatic heterocycles. The number of ether oxygens (including phenoxy) is 2. The van der Waals surface area contributed by atoms with Crippen LogP contribution >= 0.6 is 11.3 Å². The molecule has 0 aromatic carbocycles. The lowest BCUT2D eigenvalue weighted by atomic mass is 10.0. The van der Waals surface area contributed by atoms with Gasteiger partial charge < -0.3 is 20.1 Å². The lowest BCUT2D eigenvalue weighted by Crippen LogP contribution is -2.48. The molecule has 7 heteroatoms. The van der Waals surface area contributed by atoms with E-state index in [4.69, 9.17) is 9.47 Å². The van der Waals surface area contributed by atoms with E-state index in [0.717, 1.165) is 77.8 Å². The molecule has 3 heterocycles. The van der Waals surface area contributed by atoms with Crippen LogP contribution in [-0.2, 0) is 16.0 Å². The summed E-state index contributed by atoms with van der Waals surface area (Å²) in [6.07, 6.45) is 5.61. The minimum atomic E-state index is 0.509. The number of piperidine rings is 1. The number of thiophene rings is 1. The Morgan fingerprint density at radius 3 is 2.82 bits per heavy atom. The van der Waals surface area contributed by atoms with Gasteiger partial charge in [0.25, 0.3) is 0 Å². The Hall–Kier alpha value is -1.15. The summed E-state index contributed by atoms with van der Waals surface area (Å²) in [6, 6.07) is 2.74. The molecule has 0 aliphatic carbocycles. The van der Waals surface area contributed by atoms with Gasteiger partial charge in [-0.2, -0.15) is 11.3 Å². The van der Waals surface area contributed by atoms with Gasteiger partial charge in [0.2, 0.25) is 0 Å². The smallest absolute Gasteiger partial charge is 0.191 e. The van der Waals surface area contributed by atoms with Gasteiger partial charge in [-0.25, -0.2) is 0 Å². The van der Waals surface area contributed by atoms with Crippen molar-refractivity contribution in [3.8, 4) is 0 Å². The van der Waals surface area contributed by atoms with Gasteiger partial charge >= 0.3 is 0 Å². The largest absolute Gasteiger partial charge is 0.381 e. The summed E-state index contributed by atoms with van der Waals surface area (Å²) < 4.78 is 11.2. The van der Waals surface area contributed by atoms with Gasteiger partial charge in [-0.3, -0.25) is 9.89 Å². The molecule has 0 saturated carbocycles. The zero-order valence-electron chi connectivity index (χ0n) is 17.2. The van der Waals surface area contributed by atoms with Crippen molar-refractivity contribution in [3.05, 3.63) is 22.4 Å². The first-order chi connectivity index (χ1) is 13.8. The molecule has 2 saturated heterocycles. The first-order valence-corrected chi connectivity index (χ1v) is 11.6. The van der Waals surface area contributed by atoms with Crippen LogP contribution in [0, 0.1) is 5.92 Å². The third kappa shape index (κ3) is 7.70. The van der Waals surface area contributed by atoms with Crippen LogP contribution in [-0.4, -0.2) is 70.0 Å². The van der Waals surface area contributed by atoms with Crippen molar-refractivity contribution in [1.82, 2.24) is 15.5 Å². The van der Waals surface area contributed by atoms with Gasteiger partial charge in [0.1, 0.15) is 0 Å². The maximum Gasteiger partial charge on any atom is 0.191 e. The van der Waals surface area contributed by atoms with Crippen molar-refractivity contribution in [2.75, 3.05) is 53.1 Å². The summed E-state index contributed by atoms with van der Waals surface area (Å²) >= 11 is 1.78. The first kappa shape index (κ1) is 21.6. The SMILES string of the molecule is CN=C(NCCCOCC1CCOCC1)NC1CCN(Cc2ccsc2)CC1. The van der Waals surface area contributed by atoms with Crippen LogP contribution in [0.25, 0.3) is 0 Å². The molecule has 0 unspecified atom stereocenters. The van der Waals surface area contributed by atoms with Crippen molar-refractivity contribution in [1.29, 1.82) is 0 Å². The molecule has 158 valence electrons. The number of guanidine groups is 1. The van der Waals surface area contributed by atoms with Crippen LogP contribution in [0.4, 0.5) is 0 Å². The highest BCUT2D eigenvalue weighted by molar-refractivity contribution is 7.07. The predicted molar refractivity (Wildman–Crippen MR) is 116 cm³/mol. The van der Waals surface area contributed by atoms with Crippen LogP contribution in [0.3, 0.4) is 0 Å². The highest BCUT2D eigenvalue weighted by Crippen LogP contribution is 2.16. The number of hydrogen-bond donors (Lipinski definition) is 2. The molecule has 0 amide bonds. The van der Waals surface area contributed by atoms with Crippen molar-refractivity contribution in [2.45, 2.75) is 44.7 Å². The molecule has 2 aliphatic heterocycles. The Morgan fingerprint density at radius 1 is 1.29 bits per heavy atom. The van der Waals surface area contributed by atoms with Crippen LogP contribution < -0.4 is 10.6 Å². The molecule has 28 heavy (non-hydrogen) atoms. The zero-order valence-corrected chi connectivity index (χ0v) is 18.0. The quantitative estimate of drug-likeness (QED) is 0.374. The second kappa shape index (κ2) is 12.4. The molecule has 6 nitrogen and oxygen atoms in total. The first-order valence-electron chi connectivity index (χ1n) is 10.7. The Morgan fingerprint density at radius 2 is 2.11 bits per heavy atom. The number of likely N-dealkylation sites (tertiary alicyclic amines) is 1. The van der Waals surface area contributed by atoms with Crippen LogP contribution in [0.2, 0.25) is 0 Å². The van der Waals surface area contributed by atoms with Crippen LogP contribution in [0.15, 0.2) is 21.8 Å². The topological polar surface area (TPSA) is 58.1 Å². The molecule has 0 radical (unpaired) electrons. The number of nitrogens with zero attached hydrogens (tertiary/aromatic N) is 2. The van der Waals surface area contributed by atoms with Gasteiger partial charge in [-0.15, -0.1) is 0 Å². The average molecular weight is 409 g/mol. The van der Waals surface area contributed by atoms with E-state index in [2.05, 4.69) is 37.4 Å². The third-order valence-electron chi connectivity index (χ3n) is 5.59. The molecule has 3 rings (SSSR count). The van der Waals surface area contributed by atoms with Crippen molar-refractivity contribution >= 4 is 17.3 Å². The van der Waals surface area contributed by atoms with Crippen molar-refractivity contribution in [3.63, 3.8) is 0 Å². The summed E-state index contributed by atoms with van der Waals surface area (Å²) in [5.41, 5.74) is 1.44. The fourth-order valence-corrected chi connectivity index (χ4v) is 4.47. The normalized spacial score (nSPS) is 20.4. The van der Waals surface area contributed by atoms with E-state index in [1.165, 1.54) is 18.4 Å². The molecule has 0 spiro atoms. The Balaban J connectivity index is 1.22. The molecule has 1 aromatic rings. The third-order valence-corrected chi connectivity index (χ3v) is 6.32. The van der Waals surface area contributed by atoms with Gasteiger partial charge in [0, 0.05) is 65.7 Å². The molecule has 2 aliphatic rings. The van der Waals surface area contributed by atoms with Gasteiger partial charge in [0.15, 0.2) is 5.96 Å². The molecule has 0 bridgehead atoms. The standard InChI is InChI=1S/C21H36N4O2S/c1-22-21(23-8-2-11-27-16-18-5-12-26-13-6-18)24-20-3-9-25(10-4-20)15-19-7-14-28-17-19/h7,14,17-18,20H,2-6,8-13,15-16H2,1H3,(H2,22,23,24). The van der Waals surface area contributed by atoms with Crippen LogP contribution in [0.5, 0.6) is 0 Å². The van der Waals surface area contributed by atoms with Gasteiger partial charge in [-0.1, -0.05) is 0 Å². The highest BCUT2D eigenvalue weighted by atomic mass is 32.1. The fraction of sp³-hybridized carbons (Fsp3) is 0.762. The van der Waals surface area contributed by atoms with E-state index >= 15 is 0 Å². The second-order valence-corrected chi connectivity index (χ2v) is 8.59. The minimum Gasteiger partial charge on any atom is -0.381 e. The maximum absolute atomic E-state index is 5.83. The molecular weight excluding hydrogens is 372 g/mol. The molecule has 0 atom stereocenters. The average Bonchev–Trinajstić information content (AvgIpc) is 3.25. The summed E-state index contributed by atoms with van der Waals surface area (Å²) in [5, 5.41) is 11.4.